The summed E-state index contributed by atoms with van der Waals surface area (Å²) in [5.74, 6) is 0.689. The Morgan fingerprint density at radius 1 is 0.340 bits per heavy atom. The van der Waals surface area contributed by atoms with Crippen molar-refractivity contribution in [2.75, 3.05) is 0 Å². The third-order valence-corrected chi connectivity index (χ3v) is 9.98. The van der Waals surface area contributed by atoms with E-state index < -0.39 is 0 Å². The van der Waals surface area contributed by atoms with Gasteiger partial charge in [0.1, 0.15) is 5.65 Å². The maximum absolute atomic E-state index is 5.34. The predicted molar refractivity (Wildman–Crippen MR) is 218 cm³/mol. The number of fused-ring (bicyclic) bond motifs is 4. The van der Waals surface area contributed by atoms with E-state index >= 15 is 0 Å². The molecule has 0 N–H and O–H groups in total. The quantitative estimate of drug-likeness (QED) is 0.165. The molecule has 4 nitrogen and oxygen atoms in total. The van der Waals surface area contributed by atoms with Crippen LogP contribution in [0.3, 0.4) is 0 Å². The lowest BCUT2D eigenvalue weighted by atomic mass is 9.94. The van der Waals surface area contributed by atoms with Gasteiger partial charge < -0.3 is 0 Å². The first-order chi connectivity index (χ1) is 26.3. The third kappa shape index (κ3) is 5.54. The molecule has 0 bridgehead atoms. The summed E-state index contributed by atoms with van der Waals surface area (Å²) in [6.07, 6.45) is 2.09. The van der Waals surface area contributed by atoms with Crippen LogP contribution in [0.5, 0.6) is 0 Å². The minimum absolute atomic E-state index is 0.689. The summed E-state index contributed by atoms with van der Waals surface area (Å²) >= 11 is 0. The lowest BCUT2D eigenvalue weighted by Gasteiger charge is -2.14. The highest BCUT2D eigenvalue weighted by Crippen LogP contribution is 2.39. The van der Waals surface area contributed by atoms with Crippen molar-refractivity contribution >= 4 is 27.3 Å². The van der Waals surface area contributed by atoms with E-state index in [1.165, 1.54) is 0 Å². The standard InChI is InChI=1S/C49H32N4/c1-4-15-33(16-5-1)39-30-40(37-22-14-23-38(29-37)46-48(36-20-8-3-9-21-36)53-28-13-12-25-44(53)50-46)32-41(31-39)49-51-45(35-18-6-2-7-19-35)43-27-26-34-17-10-11-24-42(34)47(43)52-49/h1-32H. The van der Waals surface area contributed by atoms with Crippen molar-refractivity contribution < 1.29 is 0 Å². The summed E-state index contributed by atoms with van der Waals surface area (Å²) in [4.78, 5) is 15.8. The Kier molecular flexibility index (Phi) is 7.43. The van der Waals surface area contributed by atoms with Gasteiger partial charge in [-0.05, 0) is 70.1 Å². The van der Waals surface area contributed by atoms with E-state index in [-0.39, 0.29) is 0 Å². The second kappa shape index (κ2) is 12.9. The highest BCUT2D eigenvalue weighted by atomic mass is 15.0. The first-order valence-corrected chi connectivity index (χ1v) is 17.9. The van der Waals surface area contributed by atoms with Crippen LogP contribution in [-0.2, 0) is 0 Å². The molecule has 248 valence electrons. The van der Waals surface area contributed by atoms with E-state index in [2.05, 4.69) is 187 Å². The predicted octanol–water partition coefficient (Wildman–Crippen LogP) is 12.4. The molecule has 3 heterocycles. The van der Waals surface area contributed by atoms with Crippen LogP contribution in [0.1, 0.15) is 0 Å². The first kappa shape index (κ1) is 30.6. The van der Waals surface area contributed by atoms with Crippen molar-refractivity contribution in [2.45, 2.75) is 0 Å². The normalized spacial score (nSPS) is 11.4. The van der Waals surface area contributed by atoms with Crippen LogP contribution < -0.4 is 0 Å². The van der Waals surface area contributed by atoms with Gasteiger partial charge in [0, 0.05) is 39.2 Å². The molecular weight excluding hydrogens is 645 g/mol. The molecule has 0 saturated heterocycles. The monoisotopic (exact) mass is 676 g/mol. The third-order valence-electron chi connectivity index (χ3n) is 9.98. The molecular formula is C49H32N4. The average Bonchev–Trinajstić information content (AvgIpc) is 3.64. The second-order valence-electron chi connectivity index (χ2n) is 13.3. The van der Waals surface area contributed by atoms with Gasteiger partial charge >= 0.3 is 0 Å². The van der Waals surface area contributed by atoms with Crippen molar-refractivity contribution in [1.82, 2.24) is 19.4 Å². The zero-order valence-corrected chi connectivity index (χ0v) is 28.8. The van der Waals surface area contributed by atoms with E-state index in [4.69, 9.17) is 15.0 Å². The van der Waals surface area contributed by atoms with Gasteiger partial charge in [-0.2, -0.15) is 0 Å². The fourth-order valence-corrected chi connectivity index (χ4v) is 7.44. The molecule has 0 radical (unpaired) electrons. The minimum Gasteiger partial charge on any atom is -0.299 e. The molecule has 0 fully saturated rings. The summed E-state index contributed by atoms with van der Waals surface area (Å²) in [7, 11) is 0. The van der Waals surface area contributed by atoms with Crippen LogP contribution in [0.15, 0.2) is 194 Å². The number of rotatable bonds is 6. The van der Waals surface area contributed by atoms with Gasteiger partial charge in [-0.25, -0.2) is 15.0 Å². The molecule has 0 atom stereocenters. The highest BCUT2D eigenvalue weighted by molar-refractivity contribution is 6.09. The second-order valence-corrected chi connectivity index (χ2v) is 13.3. The lowest BCUT2D eigenvalue weighted by Crippen LogP contribution is -1.97. The van der Waals surface area contributed by atoms with E-state index in [1.807, 2.05) is 12.1 Å². The van der Waals surface area contributed by atoms with Crippen LogP contribution >= 0.6 is 0 Å². The zero-order valence-electron chi connectivity index (χ0n) is 28.8. The zero-order chi connectivity index (χ0) is 35.1. The molecule has 53 heavy (non-hydrogen) atoms. The minimum atomic E-state index is 0.689. The van der Waals surface area contributed by atoms with Crippen LogP contribution in [0.25, 0.3) is 94.7 Å². The van der Waals surface area contributed by atoms with Crippen molar-refractivity contribution in [2.24, 2.45) is 0 Å². The molecule has 0 aliphatic carbocycles. The summed E-state index contributed by atoms with van der Waals surface area (Å²) in [5.41, 5.74) is 13.4. The SMILES string of the molecule is c1ccc(-c2cc(-c3cccc(-c4nc5ccccn5c4-c4ccccc4)c3)cc(-c3nc(-c4ccccc4)c4ccc5ccccc5c4n3)c2)cc1. The molecule has 3 aromatic heterocycles. The highest BCUT2D eigenvalue weighted by Gasteiger charge is 2.18. The number of hydrogen-bond acceptors (Lipinski definition) is 3. The fraction of sp³-hybridized carbons (Fsp3) is 0. The number of imidazole rings is 1. The molecule has 10 rings (SSSR count). The Morgan fingerprint density at radius 3 is 1.74 bits per heavy atom. The van der Waals surface area contributed by atoms with Gasteiger partial charge in [-0.1, -0.05) is 146 Å². The lowest BCUT2D eigenvalue weighted by molar-refractivity contribution is 1.19. The van der Waals surface area contributed by atoms with Crippen molar-refractivity contribution in [3.63, 3.8) is 0 Å². The summed E-state index contributed by atoms with van der Waals surface area (Å²) in [5, 5.41) is 3.30. The fourth-order valence-electron chi connectivity index (χ4n) is 7.44. The molecule has 0 saturated carbocycles. The van der Waals surface area contributed by atoms with Gasteiger partial charge in [0.2, 0.25) is 0 Å². The van der Waals surface area contributed by atoms with Gasteiger partial charge in [-0.3, -0.25) is 4.40 Å². The molecule has 0 unspecified atom stereocenters. The van der Waals surface area contributed by atoms with Crippen LogP contribution in [0, 0.1) is 0 Å². The number of hydrogen-bond donors (Lipinski definition) is 0. The maximum Gasteiger partial charge on any atom is 0.160 e. The first-order valence-electron chi connectivity index (χ1n) is 17.9. The van der Waals surface area contributed by atoms with Crippen LogP contribution in [0.4, 0.5) is 0 Å². The van der Waals surface area contributed by atoms with E-state index in [1.54, 1.807) is 0 Å². The molecule has 10 aromatic rings. The van der Waals surface area contributed by atoms with Gasteiger partial charge in [0.15, 0.2) is 5.82 Å². The number of benzene rings is 7. The van der Waals surface area contributed by atoms with E-state index in [9.17, 15) is 0 Å². The Hall–Kier alpha value is -7.17. The van der Waals surface area contributed by atoms with Crippen molar-refractivity contribution in [3.05, 3.63) is 194 Å². The Balaban J connectivity index is 1.19. The van der Waals surface area contributed by atoms with Gasteiger partial charge in [-0.15, -0.1) is 0 Å². The molecule has 7 aromatic carbocycles. The Labute approximate surface area is 307 Å². The maximum atomic E-state index is 5.34. The largest absolute Gasteiger partial charge is 0.299 e. The van der Waals surface area contributed by atoms with Crippen LogP contribution in [-0.4, -0.2) is 19.4 Å². The van der Waals surface area contributed by atoms with E-state index in [0.29, 0.717) is 5.82 Å². The molecule has 0 aliphatic heterocycles. The Bertz CT molecular complexity index is 2930. The summed E-state index contributed by atoms with van der Waals surface area (Å²) in [6.45, 7) is 0. The van der Waals surface area contributed by atoms with Gasteiger partial charge in [0.25, 0.3) is 0 Å². The molecule has 0 aliphatic rings. The summed E-state index contributed by atoms with van der Waals surface area (Å²) in [6, 6.07) is 65.9. The van der Waals surface area contributed by atoms with E-state index in [0.717, 1.165) is 88.9 Å². The molecule has 0 amide bonds. The Morgan fingerprint density at radius 2 is 0.943 bits per heavy atom. The molecule has 4 heteroatoms. The number of pyridine rings is 1. The summed E-state index contributed by atoms with van der Waals surface area (Å²) < 4.78 is 2.18. The molecule has 0 spiro atoms. The number of nitrogens with zero attached hydrogens (tertiary/aromatic N) is 4. The topological polar surface area (TPSA) is 43.1 Å². The number of aromatic nitrogens is 4. The van der Waals surface area contributed by atoms with Crippen LogP contribution in [0.2, 0.25) is 0 Å². The van der Waals surface area contributed by atoms with Crippen molar-refractivity contribution in [3.8, 4) is 67.4 Å². The van der Waals surface area contributed by atoms with Gasteiger partial charge in [0.05, 0.1) is 22.6 Å². The average molecular weight is 677 g/mol. The smallest absolute Gasteiger partial charge is 0.160 e. The van der Waals surface area contributed by atoms with Crippen molar-refractivity contribution in [1.29, 1.82) is 0 Å².